The molecule has 2 rings (SSSR count). The molecule has 1 atom stereocenters. The summed E-state index contributed by atoms with van der Waals surface area (Å²) >= 11 is 0. The van der Waals surface area contributed by atoms with Crippen LogP contribution < -0.4 is 16.4 Å². The number of carbonyl (C=O) groups is 1. The smallest absolute Gasteiger partial charge is 0.250 e. The van der Waals surface area contributed by atoms with E-state index in [1.165, 1.54) is 6.07 Å². The zero-order chi connectivity index (χ0) is 15.6. The lowest BCUT2D eigenvalue weighted by Crippen LogP contribution is -2.25. The van der Waals surface area contributed by atoms with Gasteiger partial charge in [-0.3, -0.25) is 4.79 Å². The van der Waals surface area contributed by atoms with E-state index in [2.05, 4.69) is 0 Å². The third-order valence-corrected chi connectivity index (χ3v) is 3.58. The SMILES string of the molecule is CC(c1cccc(N)c1)N(C)c1ccc(F)cc1C(N)=O. The van der Waals surface area contributed by atoms with Crippen LogP contribution in [-0.2, 0) is 0 Å². The fraction of sp³-hybridized carbons (Fsp3) is 0.188. The molecule has 2 aromatic carbocycles. The number of anilines is 2. The number of amides is 1. The van der Waals surface area contributed by atoms with E-state index in [1.807, 2.05) is 43.1 Å². The van der Waals surface area contributed by atoms with Crippen molar-refractivity contribution in [1.82, 2.24) is 0 Å². The average molecular weight is 287 g/mol. The first-order valence-electron chi connectivity index (χ1n) is 6.57. The third-order valence-electron chi connectivity index (χ3n) is 3.58. The molecular weight excluding hydrogens is 269 g/mol. The van der Waals surface area contributed by atoms with Gasteiger partial charge in [-0.15, -0.1) is 0 Å². The van der Waals surface area contributed by atoms with Crippen LogP contribution in [0.1, 0.15) is 28.9 Å². The Labute approximate surface area is 123 Å². The van der Waals surface area contributed by atoms with Crippen LogP contribution in [0.3, 0.4) is 0 Å². The quantitative estimate of drug-likeness (QED) is 0.849. The Morgan fingerprint density at radius 1 is 1.24 bits per heavy atom. The summed E-state index contributed by atoms with van der Waals surface area (Å²) in [5.74, 6) is -1.14. The molecule has 5 heteroatoms. The molecule has 0 aliphatic heterocycles. The number of nitrogen functional groups attached to an aromatic ring is 1. The number of benzene rings is 2. The van der Waals surface area contributed by atoms with E-state index in [1.54, 1.807) is 6.07 Å². The lowest BCUT2D eigenvalue weighted by Gasteiger charge is -2.29. The Bertz CT molecular complexity index is 672. The van der Waals surface area contributed by atoms with Crippen molar-refractivity contribution in [3.05, 3.63) is 59.4 Å². The predicted octanol–water partition coefficient (Wildman–Crippen LogP) is 2.70. The molecule has 0 aliphatic rings. The number of nitrogens with two attached hydrogens (primary N) is 2. The molecule has 0 heterocycles. The van der Waals surface area contributed by atoms with Crippen molar-refractivity contribution in [2.75, 3.05) is 17.7 Å². The van der Waals surface area contributed by atoms with Gasteiger partial charge in [-0.25, -0.2) is 4.39 Å². The van der Waals surface area contributed by atoms with Gasteiger partial charge in [0.2, 0.25) is 0 Å². The van der Waals surface area contributed by atoms with E-state index in [9.17, 15) is 9.18 Å². The van der Waals surface area contributed by atoms with E-state index < -0.39 is 11.7 Å². The van der Waals surface area contributed by atoms with Crippen molar-refractivity contribution in [3.63, 3.8) is 0 Å². The lowest BCUT2D eigenvalue weighted by molar-refractivity contribution is 0.100. The first kappa shape index (κ1) is 14.8. The molecule has 0 aliphatic carbocycles. The van der Waals surface area contributed by atoms with Crippen LogP contribution in [0.25, 0.3) is 0 Å². The Kier molecular flexibility index (Phi) is 4.12. The molecule has 21 heavy (non-hydrogen) atoms. The summed E-state index contributed by atoms with van der Waals surface area (Å²) in [7, 11) is 1.83. The molecule has 0 fully saturated rings. The molecule has 0 saturated heterocycles. The molecule has 0 radical (unpaired) electrons. The molecule has 110 valence electrons. The summed E-state index contributed by atoms with van der Waals surface area (Å²) < 4.78 is 13.3. The summed E-state index contributed by atoms with van der Waals surface area (Å²) in [6, 6.07) is 11.5. The second kappa shape index (κ2) is 5.83. The summed E-state index contributed by atoms with van der Waals surface area (Å²) in [4.78, 5) is 13.4. The van der Waals surface area contributed by atoms with Crippen LogP contribution in [0.15, 0.2) is 42.5 Å². The third kappa shape index (κ3) is 3.13. The number of hydrogen-bond donors (Lipinski definition) is 2. The lowest BCUT2D eigenvalue weighted by atomic mass is 10.0. The molecule has 0 saturated carbocycles. The van der Waals surface area contributed by atoms with E-state index in [0.717, 1.165) is 11.6 Å². The number of rotatable bonds is 4. The second-order valence-corrected chi connectivity index (χ2v) is 4.98. The van der Waals surface area contributed by atoms with E-state index in [4.69, 9.17) is 11.5 Å². The van der Waals surface area contributed by atoms with Gasteiger partial charge in [0.05, 0.1) is 11.6 Å². The highest BCUT2D eigenvalue weighted by molar-refractivity contribution is 5.98. The van der Waals surface area contributed by atoms with Crippen molar-refractivity contribution < 1.29 is 9.18 Å². The van der Waals surface area contributed by atoms with Crippen LogP contribution in [-0.4, -0.2) is 13.0 Å². The molecule has 0 spiro atoms. The van der Waals surface area contributed by atoms with Gasteiger partial charge in [0.25, 0.3) is 5.91 Å². The first-order chi connectivity index (χ1) is 9.90. The first-order valence-corrected chi connectivity index (χ1v) is 6.57. The van der Waals surface area contributed by atoms with E-state index in [-0.39, 0.29) is 11.6 Å². The Morgan fingerprint density at radius 3 is 2.57 bits per heavy atom. The average Bonchev–Trinajstić information content (AvgIpc) is 2.45. The number of carbonyl (C=O) groups excluding carboxylic acids is 1. The highest BCUT2D eigenvalue weighted by Crippen LogP contribution is 2.29. The van der Waals surface area contributed by atoms with Crippen molar-refractivity contribution in [3.8, 4) is 0 Å². The van der Waals surface area contributed by atoms with E-state index in [0.29, 0.717) is 11.4 Å². The van der Waals surface area contributed by atoms with Gasteiger partial charge in [-0.2, -0.15) is 0 Å². The van der Waals surface area contributed by atoms with Crippen LogP contribution in [0, 0.1) is 5.82 Å². The highest BCUT2D eigenvalue weighted by atomic mass is 19.1. The Hall–Kier alpha value is -2.56. The molecule has 0 aromatic heterocycles. The second-order valence-electron chi connectivity index (χ2n) is 4.98. The van der Waals surface area contributed by atoms with Crippen LogP contribution in [0.4, 0.5) is 15.8 Å². The number of primary amides is 1. The molecule has 4 N–H and O–H groups in total. The molecule has 1 amide bonds. The zero-order valence-electron chi connectivity index (χ0n) is 12.0. The summed E-state index contributed by atoms with van der Waals surface area (Å²) in [5, 5.41) is 0. The van der Waals surface area contributed by atoms with Crippen molar-refractivity contribution >= 4 is 17.3 Å². The van der Waals surface area contributed by atoms with Crippen LogP contribution in [0.2, 0.25) is 0 Å². The minimum Gasteiger partial charge on any atom is -0.399 e. The maximum absolute atomic E-state index is 13.3. The predicted molar refractivity (Wildman–Crippen MR) is 82.6 cm³/mol. The van der Waals surface area contributed by atoms with Crippen LogP contribution >= 0.6 is 0 Å². The molecule has 2 aromatic rings. The number of nitrogens with zero attached hydrogens (tertiary/aromatic N) is 1. The fourth-order valence-corrected chi connectivity index (χ4v) is 2.26. The molecular formula is C16H18FN3O. The van der Waals surface area contributed by atoms with Crippen LogP contribution in [0.5, 0.6) is 0 Å². The highest BCUT2D eigenvalue weighted by Gasteiger charge is 2.18. The largest absolute Gasteiger partial charge is 0.399 e. The Balaban J connectivity index is 2.40. The maximum atomic E-state index is 13.3. The van der Waals surface area contributed by atoms with Crippen molar-refractivity contribution in [2.24, 2.45) is 5.73 Å². The Morgan fingerprint density at radius 2 is 1.95 bits per heavy atom. The summed E-state index contributed by atoms with van der Waals surface area (Å²) in [6.07, 6.45) is 0. The maximum Gasteiger partial charge on any atom is 0.250 e. The fourth-order valence-electron chi connectivity index (χ4n) is 2.26. The standard InChI is InChI=1S/C16H18FN3O/c1-10(11-4-3-5-13(18)8-11)20(2)15-7-6-12(17)9-14(15)16(19)21/h3-10H,18H2,1-2H3,(H2,19,21). The molecule has 1 unspecified atom stereocenters. The molecule has 0 bridgehead atoms. The van der Waals surface area contributed by atoms with Crippen molar-refractivity contribution in [2.45, 2.75) is 13.0 Å². The monoisotopic (exact) mass is 287 g/mol. The van der Waals surface area contributed by atoms with Gasteiger partial charge >= 0.3 is 0 Å². The van der Waals surface area contributed by atoms with Gasteiger partial charge in [-0.05, 0) is 42.8 Å². The minimum absolute atomic E-state index is 0.0444. The summed E-state index contributed by atoms with van der Waals surface area (Å²) in [5.41, 5.74) is 13.5. The minimum atomic E-state index is -0.656. The molecule has 4 nitrogen and oxygen atoms in total. The van der Waals surface area contributed by atoms with Gasteiger partial charge in [0.15, 0.2) is 0 Å². The number of hydrogen-bond acceptors (Lipinski definition) is 3. The zero-order valence-corrected chi connectivity index (χ0v) is 12.0. The normalized spacial score (nSPS) is 12.0. The van der Waals surface area contributed by atoms with Gasteiger partial charge in [-0.1, -0.05) is 12.1 Å². The van der Waals surface area contributed by atoms with Gasteiger partial charge in [0.1, 0.15) is 5.82 Å². The van der Waals surface area contributed by atoms with E-state index >= 15 is 0 Å². The topological polar surface area (TPSA) is 72.3 Å². The summed E-state index contributed by atoms with van der Waals surface area (Å²) in [6.45, 7) is 1.98. The van der Waals surface area contributed by atoms with Crippen molar-refractivity contribution in [1.29, 1.82) is 0 Å². The number of halogens is 1. The van der Waals surface area contributed by atoms with Gasteiger partial charge < -0.3 is 16.4 Å². The van der Waals surface area contributed by atoms with Gasteiger partial charge in [0, 0.05) is 18.4 Å².